The third-order valence-corrected chi connectivity index (χ3v) is 7.14. The molecule has 0 radical (unpaired) electrons. The molecule has 0 bridgehead atoms. The fraction of sp³-hybridized carbons (Fsp3) is 0.333. The first kappa shape index (κ1) is 24.1. The zero-order chi connectivity index (χ0) is 25.1. The average molecular weight is 487 g/mol. The number of phenols is 2. The van der Waals surface area contributed by atoms with Gasteiger partial charge in [-0.1, -0.05) is 24.6 Å². The second-order valence-corrected chi connectivity index (χ2v) is 9.51. The number of para-hydroxylation sites is 1. The molecule has 0 atom stereocenters. The number of piperidine rings is 1. The van der Waals surface area contributed by atoms with Gasteiger partial charge in [0, 0.05) is 29.6 Å². The van der Waals surface area contributed by atoms with Gasteiger partial charge in [-0.3, -0.25) is 4.90 Å². The van der Waals surface area contributed by atoms with Gasteiger partial charge >= 0.3 is 0 Å². The summed E-state index contributed by atoms with van der Waals surface area (Å²) in [5.74, 6) is 1.90. The minimum absolute atomic E-state index is 0.222. The van der Waals surface area contributed by atoms with Crippen LogP contribution in [0.4, 0.5) is 0 Å². The number of rotatable bonds is 8. The molecule has 2 N–H and O–H groups in total. The Labute approximate surface area is 212 Å². The molecular formula is C30H34N2O4. The number of ether oxygens (including phenoxy) is 2. The summed E-state index contributed by atoms with van der Waals surface area (Å²) in [7, 11) is 1.67. The highest BCUT2D eigenvalue weighted by Crippen LogP contribution is 2.39. The summed E-state index contributed by atoms with van der Waals surface area (Å²) >= 11 is 0. The van der Waals surface area contributed by atoms with Crippen molar-refractivity contribution in [3.8, 4) is 34.3 Å². The van der Waals surface area contributed by atoms with Crippen LogP contribution in [0.5, 0.6) is 23.0 Å². The minimum atomic E-state index is 0.222. The number of methoxy groups -OCH3 is 1. The third-order valence-electron chi connectivity index (χ3n) is 7.14. The van der Waals surface area contributed by atoms with Crippen LogP contribution in [0.3, 0.4) is 0 Å². The highest BCUT2D eigenvalue weighted by Gasteiger charge is 2.19. The van der Waals surface area contributed by atoms with Gasteiger partial charge in [-0.15, -0.1) is 0 Å². The molecule has 0 saturated carbocycles. The van der Waals surface area contributed by atoms with Gasteiger partial charge in [-0.05, 0) is 86.4 Å². The van der Waals surface area contributed by atoms with E-state index in [9.17, 15) is 10.2 Å². The fourth-order valence-electron chi connectivity index (χ4n) is 5.28. The number of aromatic hydroxyl groups is 2. The zero-order valence-corrected chi connectivity index (χ0v) is 21.0. The number of benzene rings is 3. The molecule has 0 unspecified atom stereocenters. The smallest absolute Gasteiger partial charge is 0.161 e. The van der Waals surface area contributed by atoms with Crippen LogP contribution in [0.15, 0.2) is 60.7 Å². The molecule has 188 valence electrons. The molecular weight excluding hydrogens is 452 g/mol. The van der Waals surface area contributed by atoms with E-state index in [1.807, 2.05) is 43.3 Å². The summed E-state index contributed by atoms with van der Waals surface area (Å²) in [6.45, 7) is 6.47. The lowest BCUT2D eigenvalue weighted by Crippen LogP contribution is -2.33. The highest BCUT2D eigenvalue weighted by molar-refractivity contribution is 5.93. The predicted molar refractivity (Wildman–Crippen MR) is 143 cm³/mol. The van der Waals surface area contributed by atoms with Crippen molar-refractivity contribution >= 4 is 10.9 Å². The summed E-state index contributed by atoms with van der Waals surface area (Å²) in [4.78, 5) is 2.46. The molecule has 6 heteroatoms. The maximum absolute atomic E-state index is 10.7. The van der Waals surface area contributed by atoms with Gasteiger partial charge in [0.2, 0.25) is 0 Å². The zero-order valence-electron chi connectivity index (χ0n) is 21.0. The van der Waals surface area contributed by atoms with Crippen LogP contribution < -0.4 is 9.47 Å². The number of aryl methyl sites for hydroxylation is 1. The van der Waals surface area contributed by atoms with Crippen LogP contribution in [0, 0.1) is 6.92 Å². The van der Waals surface area contributed by atoms with Crippen LogP contribution in [-0.2, 0) is 6.54 Å². The van der Waals surface area contributed by atoms with Crippen LogP contribution in [0.2, 0.25) is 0 Å². The molecule has 2 heterocycles. The van der Waals surface area contributed by atoms with Crippen molar-refractivity contribution < 1.29 is 19.7 Å². The molecule has 0 amide bonds. The van der Waals surface area contributed by atoms with E-state index in [-0.39, 0.29) is 11.5 Å². The van der Waals surface area contributed by atoms with Crippen molar-refractivity contribution in [2.45, 2.75) is 32.7 Å². The molecule has 4 aromatic rings. The van der Waals surface area contributed by atoms with Gasteiger partial charge in [0.1, 0.15) is 18.1 Å². The molecule has 0 spiro atoms. The van der Waals surface area contributed by atoms with Gasteiger partial charge in [0.15, 0.2) is 11.5 Å². The Hall–Kier alpha value is -3.64. The van der Waals surface area contributed by atoms with Gasteiger partial charge in [0.25, 0.3) is 0 Å². The lowest BCUT2D eigenvalue weighted by Gasteiger charge is -2.26. The number of phenolic OH excluding ortho intramolecular Hbond substituents is 2. The van der Waals surface area contributed by atoms with Crippen LogP contribution >= 0.6 is 0 Å². The monoisotopic (exact) mass is 486 g/mol. The van der Waals surface area contributed by atoms with Gasteiger partial charge in [0.05, 0.1) is 12.8 Å². The SMILES string of the molecule is COc1cc(Cn2c(-c3ccccc3O)c(C)c3cc(O)ccc32)ccc1OCCN1CCCCC1. The van der Waals surface area contributed by atoms with Crippen LogP contribution in [-0.4, -0.2) is 53.0 Å². The maximum Gasteiger partial charge on any atom is 0.161 e. The first-order valence-corrected chi connectivity index (χ1v) is 12.7. The Balaban J connectivity index is 1.45. The van der Waals surface area contributed by atoms with Gasteiger partial charge in [-0.2, -0.15) is 0 Å². The Morgan fingerprint density at radius 1 is 0.889 bits per heavy atom. The van der Waals surface area contributed by atoms with Crippen molar-refractivity contribution in [1.29, 1.82) is 0 Å². The minimum Gasteiger partial charge on any atom is -0.508 e. The fourth-order valence-corrected chi connectivity index (χ4v) is 5.28. The Morgan fingerprint density at radius 3 is 2.47 bits per heavy atom. The number of nitrogens with zero attached hydrogens (tertiary/aromatic N) is 2. The molecule has 0 aliphatic carbocycles. The average Bonchev–Trinajstić information content (AvgIpc) is 3.16. The second kappa shape index (κ2) is 10.5. The Bertz CT molecular complexity index is 1350. The Morgan fingerprint density at radius 2 is 1.69 bits per heavy atom. The van der Waals surface area contributed by atoms with Crippen molar-refractivity contribution in [2.24, 2.45) is 0 Å². The normalized spacial score (nSPS) is 14.3. The van der Waals surface area contributed by atoms with E-state index in [2.05, 4.69) is 15.5 Å². The molecule has 1 fully saturated rings. The second-order valence-electron chi connectivity index (χ2n) is 9.51. The quantitative estimate of drug-likeness (QED) is 0.322. The number of fused-ring (bicyclic) bond motifs is 1. The first-order chi connectivity index (χ1) is 17.5. The lowest BCUT2D eigenvalue weighted by molar-refractivity contribution is 0.180. The molecule has 1 aliphatic heterocycles. The third kappa shape index (κ3) is 4.86. The lowest BCUT2D eigenvalue weighted by atomic mass is 10.1. The van der Waals surface area contributed by atoms with Gasteiger partial charge < -0.3 is 24.3 Å². The maximum atomic E-state index is 10.7. The van der Waals surface area contributed by atoms with Crippen molar-refractivity contribution in [3.63, 3.8) is 0 Å². The number of hydrogen-bond acceptors (Lipinski definition) is 5. The topological polar surface area (TPSA) is 67.1 Å². The molecule has 5 rings (SSSR count). The number of aromatic nitrogens is 1. The van der Waals surface area contributed by atoms with E-state index in [0.717, 1.165) is 58.7 Å². The number of likely N-dealkylation sites (tertiary alicyclic amines) is 1. The molecule has 1 aromatic heterocycles. The van der Waals surface area contributed by atoms with E-state index < -0.39 is 0 Å². The molecule has 6 nitrogen and oxygen atoms in total. The van der Waals surface area contributed by atoms with E-state index in [4.69, 9.17) is 9.47 Å². The molecule has 1 saturated heterocycles. The van der Waals surface area contributed by atoms with E-state index in [0.29, 0.717) is 18.9 Å². The summed E-state index contributed by atoms with van der Waals surface area (Å²) in [6.07, 6.45) is 3.87. The summed E-state index contributed by atoms with van der Waals surface area (Å²) in [5.41, 5.74) is 4.73. The van der Waals surface area contributed by atoms with Crippen LogP contribution in [0.25, 0.3) is 22.2 Å². The predicted octanol–water partition coefficient (Wildman–Crippen LogP) is 5.95. The molecule has 1 aliphatic rings. The first-order valence-electron chi connectivity index (χ1n) is 12.7. The van der Waals surface area contributed by atoms with Crippen molar-refractivity contribution in [2.75, 3.05) is 33.4 Å². The van der Waals surface area contributed by atoms with Crippen molar-refractivity contribution in [3.05, 3.63) is 71.8 Å². The standard InChI is InChI=1S/C30H34N2O4/c1-21-25-19-23(33)11-12-26(25)32(30(21)24-8-4-5-9-27(24)34)20-22-10-13-28(29(18-22)35-2)36-17-16-31-14-6-3-7-15-31/h4-5,8-13,18-19,33-34H,3,6-7,14-17,20H2,1-2H3. The molecule has 3 aromatic carbocycles. The van der Waals surface area contributed by atoms with Crippen LogP contribution in [0.1, 0.15) is 30.4 Å². The highest BCUT2D eigenvalue weighted by atomic mass is 16.5. The van der Waals surface area contributed by atoms with E-state index >= 15 is 0 Å². The summed E-state index contributed by atoms with van der Waals surface area (Å²) in [6, 6.07) is 18.8. The van der Waals surface area contributed by atoms with Crippen molar-refractivity contribution in [1.82, 2.24) is 9.47 Å². The largest absolute Gasteiger partial charge is 0.508 e. The molecule has 36 heavy (non-hydrogen) atoms. The van der Waals surface area contributed by atoms with E-state index in [1.54, 1.807) is 25.3 Å². The number of hydrogen-bond donors (Lipinski definition) is 2. The summed E-state index contributed by atoms with van der Waals surface area (Å²) < 4.78 is 14.0. The van der Waals surface area contributed by atoms with E-state index in [1.165, 1.54) is 19.3 Å². The summed E-state index contributed by atoms with van der Waals surface area (Å²) in [5, 5.41) is 21.7. The Kier molecular flexibility index (Phi) is 7.05. The van der Waals surface area contributed by atoms with Gasteiger partial charge in [-0.25, -0.2) is 0 Å².